The minimum Gasteiger partial charge on any atom is -0.492 e. The molecule has 0 aliphatic carbocycles. The molecule has 150 valence electrons. The Hall–Kier alpha value is -2.81. The molecular weight excluding hydrogens is 387 g/mol. The zero-order valence-corrected chi connectivity index (χ0v) is 16.3. The van der Waals surface area contributed by atoms with Crippen LogP contribution in [0.4, 0.5) is 10.1 Å². The number of halogens is 1. The first-order valence-corrected chi connectivity index (χ1v) is 10.5. The van der Waals surface area contributed by atoms with Gasteiger partial charge in [-0.3, -0.25) is 9.10 Å². The molecule has 3 rings (SSSR count). The standard InChI is InChI=1S/C19H21FN2O5S/c1-13-3-8-16-17(11-13)27-18(12-22(16)28(2,24)25)19(23)21-9-10-26-15-6-4-14(20)5-7-15/h3-8,11,18H,9-10,12H2,1-2H3,(H,21,23)/t18-/m0/s1. The molecule has 2 aromatic rings. The molecule has 9 heteroatoms. The Morgan fingerprint density at radius 3 is 2.68 bits per heavy atom. The number of fused-ring (bicyclic) bond motifs is 1. The lowest BCUT2D eigenvalue weighted by atomic mass is 10.1. The van der Waals surface area contributed by atoms with Crippen LogP contribution in [0, 0.1) is 12.7 Å². The van der Waals surface area contributed by atoms with Gasteiger partial charge in [0.2, 0.25) is 10.0 Å². The number of hydrogen-bond donors (Lipinski definition) is 1. The van der Waals surface area contributed by atoms with Gasteiger partial charge in [0.05, 0.1) is 25.0 Å². The van der Waals surface area contributed by atoms with Gasteiger partial charge in [0.1, 0.15) is 23.9 Å². The summed E-state index contributed by atoms with van der Waals surface area (Å²) in [6.07, 6.45) is 0.114. The van der Waals surface area contributed by atoms with Crippen LogP contribution < -0.4 is 19.1 Å². The molecule has 0 radical (unpaired) electrons. The van der Waals surface area contributed by atoms with E-state index in [1.54, 1.807) is 18.2 Å². The number of carbonyl (C=O) groups is 1. The lowest BCUT2D eigenvalue weighted by Crippen LogP contribution is -2.51. The van der Waals surface area contributed by atoms with E-state index >= 15 is 0 Å². The average Bonchev–Trinajstić information content (AvgIpc) is 2.64. The van der Waals surface area contributed by atoms with E-state index in [1.807, 2.05) is 6.92 Å². The highest BCUT2D eigenvalue weighted by Crippen LogP contribution is 2.35. The van der Waals surface area contributed by atoms with Crippen LogP contribution in [-0.4, -0.2) is 46.4 Å². The SMILES string of the molecule is Cc1ccc2c(c1)O[C@H](C(=O)NCCOc1ccc(F)cc1)CN2S(C)(=O)=O. The number of aryl methyl sites for hydroxylation is 1. The maximum absolute atomic E-state index is 12.9. The van der Waals surface area contributed by atoms with Gasteiger partial charge in [-0.05, 0) is 48.9 Å². The smallest absolute Gasteiger partial charge is 0.263 e. The maximum Gasteiger partial charge on any atom is 0.263 e. The highest BCUT2D eigenvalue weighted by atomic mass is 32.2. The number of ether oxygens (including phenoxy) is 2. The lowest BCUT2D eigenvalue weighted by molar-refractivity contribution is -0.127. The predicted molar refractivity (Wildman–Crippen MR) is 103 cm³/mol. The number of rotatable bonds is 6. The number of sulfonamides is 1. The van der Waals surface area contributed by atoms with E-state index in [4.69, 9.17) is 9.47 Å². The molecule has 28 heavy (non-hydrogen) atoms. The molecule has 1 aliphatic heterocycles. The van der Waals surface area contributed by atoms with Crippen molar-refractivity contribution < 1.29 is 27.1 Å². The van der Waals surface area contributed by atoms with Crippen LogP contribution in [0.25, 0.3) is 0 Å². The van der Waals surface area contributed by atoms with E-state index in [2.05, 4.69) is 5.32 Å². The van der Waals surface area contributed by atoms with Gasteiger partial charge in [0.25, 0.3) is 5.91 Å². The van der Waals surface area contributed by atoms with E-state index in [-0.39, 0.29) is 25.5 Å². The molecular formula is C19H21FN2O5S. The van der Waals surface area contributed by atoms with Crippen molar-refractivity contribution in [3.63, 3.8) is 0 Å². The third-order valence-electron chi connectivity index (χ3n) is 4.16. The predicted octanol–water partition coefficient (Wildman–Crippen LogP) is 1.86. The Morgan fingerprint density at radius 1 is 1.29 bits per heavy atom. The molecule has 1 atom stereocenters. The van der Waals surface area contributed by atoms with Crippen LogP contribution in [0.1, 0.15) is 5.56 Å². The average molecular weight is 408 g/mol. The Balaban J connectivity index is 1.61. The first-order chi connectivity index (χ1) is 13.2. The van der Waals surface area contributed by atoms with Gasteiger partial charge < -0.3 is 14.8 Å². The molecule has 0 aromatic heterocycles. The Kier molecular flexibility index (Phi) is 5.73. The van der Waals surface area contributed by atoms with Crippen LogP contribution in [0.15, 0.2) is 42.5 Å². The van der Waals surface area contributed by atoms with Crippen molar-refractivity contribution in [3.8, 4) is 11.5 Å². The van der Waals surface area contributed by atoms with E-state index in [1.165, 1.54) is 28.6 Å². The first kappa shape index (κ1) is 19.9. The molecule has 2 aromatic carbocycles. The molecule has 1 heterocycles. The van der Waals surface area contributed by atoms with Crippen molar-refractivity contribution in [2.24, 2.45) is 0 Å². The van der Waals surface area contributed by atoms with Crippen LogP contribution in [0.3, 0.4) is 0 Å². The number of benzene rings is 2. The molecule has 0 bridgehead atoms. The number of carbonyl (C=O) groups excluding carboxylic acids is 1. The Bertz CT molecular complexity index is 963. The molecule has 7 nitrogen and oxygen atoms in total. The van der Waals surface area contributed by atoms with Crippen molar-refractivity contribution in [1.82, 2.24) is 5.32 Å². The normalized spacial score (nSPS) is 16.1. The van der Waals surface area contributed by atoms with Gasteiger partial charge in [-0.25, -0.2) is 12.8 Å². The minimum absolute atomic E-state index is 0.112. The number of nitrogens with zero attached hydrogens (tertiary/aromatic N) is 1. The van der Waals surface area contributed by atoms with Crippen LogP contribution in [-0.2, 0) is 14.8 Å². The molecule has 0 saturated heterocycles. The summed E-state index contributed by atoms with van der Waals surface area (Å²) in [6, 6.07) is 10.7. The second-order valence-corrected chi connectivity index (χ2v) is 8.37. The fourth-order valence-electron chi connectivity index (χ4n) is 2.80. The van der Waals surface area contributed by atoms with Crippen molar-refractivity contribution in [1.29, 1.82) is 0 Å². The largest absolute Gasteiger partial charge is 0.492 e. The van der Waals surface area contributed by atoms with Gasteiger partial charge in [0, 0.05) is 0 Å². The summed E-state index contributed by atoms with van der Waals surface area (Å²) in [5.74, 6) is 0.0289. The fraction of sp³-hybridized carbons (Fsp3) is 0.316. The highest BCUT2D eigenvalue weighted by Gasteiger charge is 2.34. The van der Waals surface area contributed by atoms with Gasteiger partial charge in [-0.15, -0.1) is 0 Å². The lowest BCUT2D eigenvalue weighted by Gasteiger charge is -2.34. The van der Waals surface area contributed by atoms with Gasteiger partial charge in [0.15, 0.2) is 6.10 Å². The summed E-state index contributed by atoms with van der Waals surface area (Å²) in [5.41, 5.74) is 1.30. The monoisotopic (exact) mass is 408 g/mol. The molecule has 0 spiro atoms. The third-order valence-corrected chi connectivity index (χ3v) is 5.31. The van der Waals surface area contributed by atoms with Gasteiger partial charge in [-0.1, -0.05) is 6.07 Å². The third kappa shape index (κ3) is 4.72. The van der Waals surface area contributed by atoms with Crippen molar-refractivity contribution in [2.75, 3.05) is 30.3 Å². The van der Waals surface area contributed by atoms with Crippen LogP contribution >= 0.6 is 0 Å². The second-order valence-electron chi connectivity index (χ2n) is 6.47. The summed E-state index contributed by atoms with van der Waals surface area (Å²) in [5, 5.41) is 2.67. The summed E-state index contributed by atoms with van der Waals surface area (Å²) in [4.78, 5) is 12.5. The summed E-state index contributed by atoms with van der Waals surface area (Å²) in [7, 11) is -3.57. The molecule has 0 fully saturated rings. The summed E-state index contributed by atoms with van der Waals surface area (Å²) in [6.45, 7) is 2.11. The van der Waals surface area contributed by atoms with Crippen LogP contribution in [0.2, 0.25) is 0 Å². The quantitative estimate of drug-likeness (QED) is 0.738. The molecule has 1 N–H and O–H groups in total. The second kappa shape index (κ2) is 8.05. The van der Waals surface area contributed by atoms with E-state index in [0.29, 0.717) is 17.2 Å². The number of hydrogen-bond acceptors (Lipinski definition) is 5. The van der Waals surface area contributed by atoms with Gasteiger partial charge >= 0.3 is 0 Å². The number of nitrogens with one attached hydrogen (secondary N) is 1. The maximum atomic E-state index is 12.9. The summed E-state index contributed by atoms with van der Waals surface area (Å²) < 4.78 is 49.4. The number of amides is 1. The molecule has 0 saturated carbocycles. The van der Waals surface area contributed by atoms with Crippen LogP contribution in [0.5, 0.6) is 11.5 Å². The highest BCUT2D eigenvalue weighted by molar-refractivity contribution is 7.92. The minimum atomic E-state index is -3.57. The Labute approximate surface area is 163 Å². The first-order valence-electron chi connectivity index (χ1n) is 8.65. The topological polar surface area (TPSA) is 84.9 Å². The van der Waals surface area contributed by atoms with Gasteiger partial charge in [-0.2, -0.15) is 0 Å². The zero-order valence-electron chi connectivity index (χ0n) is 15.5. The molecule has 1 amide bonds. The van der Waals surface area contributed by atoms with Crippen molar-refractivity contribution in [3.05, 3.63) is 53.8 Å². The van der Waals surface area contributed by atoms with E-state index in [0.717, 1.165) is 11.8 Å². The Morgan fingerprint density at radius 2 is 2.00 bits per heavy atom. The molecule has 1 aliphatic rings. The summed E-state index contributed by atoms with van der Waals surface area (Å²) >= 11 is 0. The molecule has 0 unspecified atom stereocenters. The fourth-order valence-corrected chi connectivity index (χ4v) is 3.71. The number of anilines is 1. The van der Waals surface area contributed by atoms with Crippen molar-refractivity contribution >= 4 is 21.6 Å². The van der Waals surface area contributed by atoms with E-state index < -0.39 is 22.0 Å². The van der Waals surface area contributed by atoms with E-state index in [9.17, 15) is 17.6 Å². The zero-order chi connectivity index (χ0) is 20.3. The van der Waals surface area contributed by atoms with Crippen molar-refractivity contribution in [2.45, 2.75) is 13.0 Å².